The summed E-state index contributed by atoms with van der Waals surface area (Å²) in [7, 11) is -3.42. The third-order valence-electron chi connectivity index (χ3n) is 4.80. The Morgan fingerprint density at radius 1 is 1.21 bits per heavy atom. The lowest BCUT2D eigenvalue weighted by Crippen LogP contribution is -2.49. The van der Waals surface area contributed by atoms with Crippen LogP contribution in [-0.2, 0) is 20.8 Å². The van der Waals surface area contributed by atoms with Crippen molar-refractivity contribution in [1.29, 1.82) is 0 Å². The molecule has 5 nitrogen and oxygen atoms in total. The quantitative estimate of drug-likeness (QED) is 0.558. The summed E-state index contributed by atoms with van der Waals surface area (Å²) in [6.07, 6.45) is 1.70. The van der Waals surface area contributed by atoms with E-state index in [1.165, 1.54) is 11.6 Å². The van der Waals surface area contributed by atoms with Crippen molar-refractivity contribution in [2.24, 2.45) is 0 Å². The van der Waals surface area contributed by atoms with E-state index in [1.54, 1.807) is 6.07 Å². The minimum atomic E-state index is -3.42. The molecular weight excluding hydrogens is 397 g/mol. The van der Waals surface area contributed by atoms with Crippen molar-refractivity contribution in [2.45, 2.75) is 25.2 Å². The number of sulfone groups is 1. The number of benzene rings is 1. The average molecular weight is 422 g/mol. The first-order valence-corrected chi connectivity index (χ1v) is 11.4. The Labute approximate surface area is 171 Å². The first kappa shape index (κ1) is 20.8. The van der Waals surface area contributed by atoms with Gasteiger partial charge in [-0.15, -0.1) is 4.21 Å². The maximum absolute atomic E-state index is 14.4. The van der Waals surface area contributed by atoms with E-state index < -0.39 is 16.0 Å². The minimum Gasteiger partial charge on any atom is -0.610 e. The summed E-state index contributed by atoms with van der Waals surface area (Å²) in [5, 5.41) is 0. The normalized spacial score (nSPS) is 16.8. The summed E-state index contributed by atoms with van der Waals surface area (Å²) >= 11 is 5.61. The highest BCUT2D eigenvalue weighted by Gasteiger charge is 2.23. The zero-order valence-corrected chi connectivity index (χ0v) is 17.9. The van der Waals surface area contributed by atoms with E-state index in [9.17, 15) is 13.2 Å². The molecule has 0 aliphatic carbocycles. The van der Waals surface area contributed by atoms with Crippen molar-refractivity contribution in [3.05, 3.63) is 53.1 Å². The second kappa shape index (κ2) is 8.23. The Hall–Kier alpha value is -1.90. The van der Waals surface area contributed by atoms with Crippen LogP contribution in [-0.4, -0.2) is 51.9 Å². The Balaban J connectivity index is 1.62. The Morgan fingerprint density at radius 2 is 1.89 bits per heavy atom. The molecule has 1 fully saturated rings. The van der Waals surface area contributed by atoms with Crippen LogP contribution in [0.1, 0.15) is 17.0 Å². The van der Waals surface area contributed by atoms with E-state index in [0.29, 0.717) is 38.3 Å². The van der Waals surface area contributed by atoms with Crippen LogP contribution in [0, 0.1) is 19.7 Å². The number of thiocarbonyl (C=S) groups is 1. The molecular formula is C20H24FN3O2S2. The van der Waals surface area contributed by atoms with Gasteiger partial charge in [-0.3, -0.25) is 4.98 Å². The maximum Gasteiger partial charge on any atom is 0.158 e. The molecule has 1 atom stereocenters. The molecule has 0 radical (unpaired) electrons. The van der Waals surface area contributed by atoms with Crippen molar-refractivity contribution in [3.63, 3.8) is 0 Å². The lowest BCUT2D eigenvalue weighted by Gasteiger charge is -2.37. The van der Waals surface area contributed by atoms with Gasteiger partial charge in [-0.1, -0.05) is 12.2 Å². The van der Waals surface area contributed by atoms with Gasteiger partial charge in [-0.05, 0) is 43.7 Å². The summed E-state index contributed by atoms with van der Waals surface area (Å²) in [6.45, 7) is 6.64. The van der Waals surface area contributed by atoms with Gasteiger partial charge in [0, 0.05) is 50.1 Å². The van der Waals surface area contributed by atoms with Crippen LogP contribution < -0.4 is 4.90 Å². The maximum atomic E-state index is 14.4. The van der Waals surface area contributed by atoms with E-state index in [0.717, 1.165) is 28.7 Å². The van der Waals surface area contributed by atoms with Crippen molar-refractivity contribution >= 4 is 33.1 Å². The molecule has 1 saturated heterocycles. The van der Waals surface area contributed by atoms with Gasteiger partial charge < -0.3 is 14.4 Å². The fourth-order valence-electron chi connectivity index (χ4n) is 3.45. The SMILES string of the molecule is Cc1cc(C)nc(CC(=S)N2CCN(c3ccc([S+](C)(=O)[O-])cc3F)CC2)c1. The van der Waals surface area contributed by atoms with Crippen LogP contribution in [0.5, 0.6) is 0 Å². The third kappa shape index (κ3) is 4.92. The Morgan fingerprint density at radius 3 is 2.46 bits per heavy atom. The fraction of sp³-hybridized carbons (Fsp3) is 0.400. The molecule has 0 amide bonds. The van der Waals surface area contributed by atoms with Gasteiger partial charge in [0.25, 0.3) is 0 Å². The van der Waals surface area contributed by atoms with Crippen LogP contribution >= 0.6 is 12.2 Å². The molecule has 0 spiro atoms. The molecule has 3 rings (SSSR count). The zero-order chi connectivity index (χ0) is 20.5. The molecule has 2 heterocycles. The van der Waals surface area contributed by atoms with Crippen molar-refractivity contribution in [1.82, 2.24) is 9.88 Å². The van der Waals surface area contributed by atoms with Gasteiger partial charge in [0.2, 0.25) is 0 Å². The van der Waals surface area contributed by atoms with Crippen LogP contribution in [0.4, 0.5) is 10.1 Å². The Kier molecular flexibility index (Phi) is 6.12. The smallest absolute Gasteiger partial charge is 0.158 e. The molecule has 8 heteroatoms. The lowest BCUT2D eigenvalue weighted by atomic mass is 10.1. The number of rotatable bonds is 4. The largest absolute Gasteiger partial charge is 0.610 e. The minimum absolute atomic E-state index is 0.00508. The summed E-state index contributed by atoms with van der Waals surface area (Å²) in [6, 6.07) is 8.17. The highest BCUT2D eigenvalue weighted by molar-refractivity contribution is 7.97. The first-order chi connectivity index (χ1) is 13.1. The number of nitrogens with zero attached hydrogens (tertiary/aromatic N) is 3. The van der Waals surface area contributed by atoms with E-state index in [2.05, 4.69) is 9.88 Å². The molecule has 150 valence electrons. The van der Waals surface area contributed by atoms with Gasteiger partial charge >= 0.3 is 0 Å². The summed E-state index contributed by atoms with van der Waals surface area (Å²) in [4.78, 5) is 9.44. The molecule has 2 aromatic rings. The van der Waals surface area contributed by atoms with E-state index in [1.807, 2.05) is 30.9 Å². The molecule has 0 saturated carbocycles. The van der Waals surface area contributed by atoms with Crippen molar-refractivity contribution in [2.75, 3.05) is 37.3 Å². The fourth-order valence-corrected chi connectivity index (χ4v) is 4.42. The first-order valence-electron chi connectivity index (χ1n) is 9.10. The average Bonchev–Trinajstić information content (AvgIpc) is 2.60. The number of hydrogen-bond acceptors (Lipinski definition) is 5. The van der Waals surface area contributed by atoms with E-state index >= 15 is 0 Å². The summed E-state index contributed by atoms with van der Waals surface area (Å²) in [5.41, 5.74) is 3.54. The van der Waals surface area contributed by atoms with Gasteiger partial charge in [-0.2, -0.15) is 0 Å². The van der Waals surface area contributed by atoms with Crippen LogP contribution in [0.25, 0.3) is 0 Å². The zero-order valence-electron chi connectivity index (χ0n) is 16.3. The number of anilines is 1. The molecule has 1 unspecified atom stereocenters. The molecule has 1 aromatic heterocycles. The third-order valence-corrected chi connectivity index (χ3v) is 6.32. The monoisotopic (exact) mass is 421 g/mol. The second-order valence-electron chi connectivity index (χ2n) is 7.21. The van der Waals surface area contributed by atoms with Crippen LogP contribution in [0.3, 0.4) is 0 Å². The van der Waals surface area contributed by atoms with Crippen LogP contribution in [0.2, 0.25) is 0 Å². The standard InChI is InChI=1S/C20H24FN3O2S2/c1-14-10-15(2)22-16(11-14)12-20(27)24-8-6-23(7-9-24)19-5-4-17(13-18(19)21)28(3,25)26/h4-5,10-11,13H,6-9,12H2,1-3H3. The molecule has 1 aliphatic heterocycles. The van der Waals surface area contributed by atoms with E-state index in [4.69, 9.17) is 12.2 Å². The topological polar surface area (TPSA) is 59.5 Å². The predicted molar refractivity (Wildman–Crippen MR) is 113 cm³/mol. The molecule has 28 heavy (non-hydrogen) atoms. The number of hydrogen-bond donors (Lipinski definition) is 0. The van der Waals surface area contributed by atoms with Gasteiger partial charge in [0.15, 0.2) is 10.7 Å². The number of pyridine rings is 1. The number of aryl methyl sites for hydroxylation is 2. The highest BCUT2D eigenvalue weighted by Crippen LogP contribution is 2.25. The predicted octanol–water partition coefficient (Wildman–Crippen LogP) is 3.15. The molecule has 1 aliphatic rings. The highest BCUT2D eigenvalue weighted by atomic mass is 32.3. The van der Waals surface area contributed by atoms with Gasteiger partial charge in [-0.25, -0.2) is 4.39 Å². The molecule has 1 aromatic carbocycles. The number of aromatic nitrogens is 1. The van der Waals surface area contributed by atoms with Crippen LogP contribution in [0.15, 0.2) is 35.2 Å². The van der Waals surface area contributed by atoms with Gasteiger partial charge in [0.05, 0.1) is 20.9 Å². The number of piperazine rings is 1. The van der Waals surface area contributed by atoms with Crippen molar-refractivity contribution < 1.29 is 13.2 Å². The summed E-state index contributed by atoms with van der Waals surface area (Å²) in [5.74, 6) is -0.515. The molecule has 0 N–H and O–H groups in total. The second-order valence-corrected chi connectivity index (χ2v) is 9.69. The molecule has 0 bridgehead atoms. The van der Waals surface area contributed by atoms with Crippen molar-refractivity contribution in [3.8, 4) is 0 Å². The summed E-state index contributed by atoms with van der Waals surface area (Å²) < 4.78 is 37.6. The Bertz CT molecular complexity index is 917. The van der Waals surface area contributed by atoms with E-state index in [-0.39, 0.29) is 4.90 Å². The lowest BCUT2D eigenvalue weighted by molar-refractivity contribution is 0.384. The number of halogens is 1. The van der Waals surface area contributed by atoms with Gasteiger partial charge in [0.1, 0.15) is 6.26 Å².